The van der Waals surface area contributed by atoms with E-state index in [1.165, 1.54) is 30.0 Å². The van der Waals surface area contributed by atoms with Crippen molar-refractivity contribution in [2.45, 2.75) is 10.9 Å². The largest absolute Gasteiger partial charge is 0.383 e. The number of aromatic amines is 1. The molecule has 1 aromatic heterocycles. The Morgan fingerprint density at radius 1 is 1.44 bits per heavy atom. The third-order valence-electron chi connectivity index (χ3n) is 2.12. The van der Waals surface area contributed by atoms with Crippen LogP contribution < -0.4 is 11.3 Å². The monoisotopic (exact) mass is 285 g/mol. The Morgan fingerprint density at radius 2 is 2.22 bits per heavy atom. The molecule has 0 unspecified atom stereocenters. The number of anilines is 1. The van der Waals surface area contributed by atoms with Gasteiger partial charge in [-0.2, -0.15) is 0 Å². The van der Waals surface area contributed by atoms with Crippen molar-refractivity contribution in [3.05, 3.63) is 51.0 Å². The zero-order valence-electron chi connectivity index (χ0n) is 9.11. The number of H-pyrrole nitrogens is 1. The normalized spacial score (nSPS) is 10.6. The summed E-state index contributed by atoms with van der Waals surface area (Å²) in [5.41, 5.74) is 5.91. The average molecular weight is 286 g/mol. The van der Waals surface area contributed by atoms with Gasteiger partial charge in [0.2, 0.25) is 0 Å². The van der Waals surface area contributed by atoms with Gasteiger partial charge in [-0.3, -0.25) is 4.79 Å². The van der Waals surface area contributed by atoms with E-state index in [4.69, 9.17) is 17.3 Å². The molecule has 0 fully saturated rings. The van der Waals surface area contributed by atoms with Crippen LogP contribution in [0, 0.1) is 5.82 Å². The predicted molar refractivity (Wildman–Crippen MR) is 70.2 cm³/mol. The van der Waals surface area contributed by atoms with Gasteiger partial charge in [-0.25, -0.2) is 9.37 Å². The van der Waals surface area contributed by atoms with E-state index in [2.05, 4.69) is 9.97 Å². The van der Waals surface area contributed by atoms with E-state index in [9.17, 15) is 9.18 Å². The second kappa shape index (κ2) is 5.41. The molecule has 7 heteroatoms. The number of thioether (sulfide) groups is 1. The van der Waals surface area contributed by atoms with Gasteiger partial charge in [0.15, 0.2) is 5.16 Å². The van der Waals surface area contributed by atoms with Gasteiger partial charge in [-0.1, -0.05) is 29.4 Å². The van der Waals surface area contributed by atoms with Gasteiger partial charge in [0, 0.05) is 16.8 Å². The van der Waals surface area contributed by atoms with Crippen molar-refractivity contribution in [1.29, 1.82) is 0 Å². The second-order valence-electron chi connectivity index (χ2n) is 3.50. The number of hydrogen-bond donors (Lipinski definition) is 2. The van der Waals surface area contributed by atoms with Gasteiger partial charge >= 0.3 is 0 Å². The molecule has 0 bridgehead atoms. The Morgan fingerprint density at radius 3 is 2.89 bits per heavy atom. The van der Waals surface area contributed by atoms with E-state index in [-0.39, 0.29) is 17.2 Å². The fourth-order valence-electron chi connectivity index (χ4n) is 1.31. The molecule has 18 heavy (non-hydrogen) atoms. The van der Waals surface area contributed by atoms with Crippen LogP contribution in [0.15, 0.2) is 34.2 Å². The summed E-state index contributed by atoms with van der Waals surface area (Å²) >= 11 is 7.16. The molecule has 1 aromatic carbocycles. The third kappa shape index (κ3) is 3.24. The molecule has 1 heterocycles. The third-order valence-corrected chi connectivity index (χ3v) is 3.39. The number of hydrogen-bond acceptors (Lipinski definition) is 4. The van der Waals surface area contributed by atoms with Crippen molar-refractivity contribution >= 4 is 29.2 Å². The van der Waals surface area contributed by atoms with E-state index >= 15 is 0 Å². The number of rotatable bonds is 3. The number of nitrogens with one attached hydrogen (secondary N) is 1. The zero-order valence-corrected chi connectivity index (χ0v) is 10.7. The molecule has 2 rings (SSSR count). The Bertz CT molecular complexity index is 632. The molecule has 0 radical (unpaired) electrons. The number of aromatic nitrogens is 2. The summed E-state index contributed by atoms with van der Waals surface area (Å²) in [4.78, 5) is 17.7. The maximum Gasteiger partial charge on any atom is 0.253 e. The molecule has 3 N–H and O–H groups in total. The topological polar surface area (TPSA) is 71.8 Å². The van der Waals surface area contributed by atoms with E-state index in [0.29, 0.717) is 15.9 Å². The molecule has 0 atom stereocenters. The van der Waals surface area contributed by atoms with Crippen LogP contribution in [0.4, 0.5) is 10.2 Å². The van der Waals surface area contributed by atoms with Gasteiger partial charge < -0.3 is 10.7 Å². The van der Waals surface area contributed by atoms with Crippen molar-refractivity contribution in [3.8, 4) is 0 Å². The molecule has 0 spiro atoms. The Kier molecular flexibility index (Phi) is 3.88. The molecule has 0 aliphatic rings. The summed E-state index contributed by atoms with van der Waals surface area (Å²) in [5.74, 6) is 0.238. The highest BCUT2D eigenvalue weighted by molar-refractivity contribution is 7.98. The smallest absolute Gasteiger partial charge is 0.253 e. The molecular formula is C11H9ClFN3OS. The highest BCUT2D eigenvalue weighted by Gasteiger charge is 2.05. The van der Waals surface area contributed by atoms with Gasteiger partial charge in [-0.15, -0.1) is 0 Å². The van der Waals surface area contributed by atoms with E-state index in [0.717, 1.165) is 5.56 Å². The SMILES string of the molecule is Nc1cc(=O)[nH]c(SCc2ccc(F)cc2Cl)n1. The molecule has 0 amide bonds. The Hall–Kier alpha value is -1.53. The highest BCUT2D eigenvalue weighted by Crippen LogP contribution is 2.24. The Labute approximate surface area is 111 Å². The second-order valence-corrected chi connectivity index (χ2v) is 4.87. The molecule has 94 valence electrons. The fourth-order valence-corrected chi connectivity index (χ4v) is 2.51. The summed E-state index contributed by atoms with van der Waals surface area (Å²) < 4.78 is 12.8. The summed E-state index contributed by atoms with van der Waals surface area (Å²) in [6, 6.07) is 5.37. The van der Waals surface area contributed by atoms with Crippen LogP contribution in [-0.4, -0.2) is 9.97 Å². The van der Waals surface area contributed by atoms with Crippen molar-refractivity contribution in [2.75, 3.05) is 5.73 Å². The quantitative estimate of drug-likeness (QED) is 0.671. The van der Waals surface area contributed by atoms with Crippen molar-refractivity contribution in [3.63, 3.8) is 0 Å². The van der Waals surface area contributed by atoms with Crippen LogP contribution in [0.25, 0.3) is 0 Å². The van der Waals surface area contributed by atoms with Crippen LogP contribution in [0.5, 0.6) is 0 Å². The molecule has 0 saturated heterocycles. The molecule has 0 aliphatic heterocycles. The van der Waals surface area contributed by atoms with Crippen LogP contribution in [0.3, 0.4) is 0 Å². The first-order chi connectivity index (χ1) is 8.54. The minimum absolute atomic E-state index is 0.159. The molecule has 0 saturated carbocycles. The van der Waals surface area contributed by atoms with Crippen molar-refractivity contribution in [1.82, 2.24) is 9.97 Å². The van der Waals surface area contributed by atoms with E-state index in [1.807, 2.05) is 0 Å². The average Bonchev–Trinajstić information content (AvgIpc) is 2.26. The summed E-state index contributed by atoms with van der Waals surface area (Å²) in [6.07, 6.45) is 0. The summed E-state index contributed by atoms with van der Waals surface area (Å²) in [5, 5.41) is 0.745. The van der Waals surface area contributed by atoms with Gasteiger partial charge in [-0.05, 0) is 17.7 Å². The summed E-state index contributed by atoms with van der Waals surface area (Å²) in [7, 11) is 0. The lowest BCUT2D eigenvalue weighted by Gasteiger charge is -2.04. The lowest BCUT2D eigenvalue weighted by atomic mass is 10.2. The van der Waals surface area contributed by atoms with Crippen LogP contribution in [-0.2, 0) is 5.75 Å². The van der Waals surface area contributed by atoms with Crippen LogP contribution in [0.1, 0.15) is 5.56 Å². The predicted octanol–water partition coefficient (Wildman–Crippen LogP) is 2.44. The number of nitrogen functional groups attached to an aromatic ring is 1. The molecule has 4 nitrogen and oxygen atoms in total. The number of halogens is 2. The minimum Gasteiger partial charge on any atom is -0.383 e. The van der Waals surface area contributed by atoms with Gasteiger partial charge in [0.05, 0.1) is 0 Å². The lowest BCUT2D eigenvalue weighted by Crippen LogP contribution is -2.09. The van der Waals surface area contributed by atoms with E-state index < -0.39 is 0 Å². The molecular weight excluding hydrogens is 277 g/mol. The van der Waals surface area contributed by atoms with E-state index in [1.54, 1.807) is 6.07 Å². The molecule has 2 aromatic rings. The first kappa shape index (κ1) is 12.9. The highest BCUT2D eigenvalue weighted by atomic mass is 35.5. The van der Waals surface area contributed by atoms with Crippen molar-refractivity contribution in [2.24, 2.45) is 0 Å². The number of nitrogens with zero attached hydrogens (tertiary/aromatic N) is 1. The maximum absolute atomic E-state index is 12.8. The first-order valence-corrected chi connectivity index (χ1v) is 6.34. The lowest BCUT2D eigenvalue weighted by molar-refractivity contribution is 0.627. The fraction of sp³-hybridized carbons (Fsp3) is 0.0909. The number of nitrogens with two attached hydrogens (primary N) is 1. The zero-order chi connectivity index (χ0) is 13.1. The van der Waals surface area contributed by atoms with Gasteiger partial charge in [0.1, 0.15) is 11.6 Å². The van der Waals surface area contributed by atoms with Gasteiger partial charge in [0.25, 0.3) is 5.56 Å². The van der Waals surface area contributed by atoms with Crippen LogP contribution >= 0.6 is 23.4 Å². The first-order valence-electron chi connectivity index (χ1n) is 4.98. The summed E-state index contributed by atoms with van der Waals surface area (Å²) in [6.45, 7) is 0. The maximum atomic E-state index is 12.8. The Balaban J connectivity index is 2.13. The van der Waals surface area contributed by atoms with Crippen molar-refractivity contribution < 1.29 is 4.39 Å². The number of benzene rings is 1. The standard InChI is InChI=1S/C11H9ClFN3OS/c12-8-3-7(13)2-1-6(8)5-18-11-15-9(14)4-10(17)16-11/h1-4H,5H2,(H3,14,15,16,17). The minimum atomic E-state index is -0.385. The molecule has 0 aliphatic carbocycles. The van der Waals surface area contributed by atoms with Crippen LogP contribution in [0.2, 0.25) is 5.02 Å².